The predicted octanol–water partition coefficient (Wildman–Crippen LogP) is 3.61. The molecule has 0 spiro atoms. The van der Waals surface area contributed by atoms with Crippen molar-refractivity contribution in [2.24, 2.45) is 5.73 Å². The molecular formula is C15H20Cl2N2O. The molecular weight excluding hydrogens is 295 g/mol. The van der Waals surface area contributed by atoms with Gasteiger partial charge in [-0.1, -0.05) is 54.6 Å². The number of nitrogens with zero attached hydrogens (tertiary/aromatic N) is 1. The fourth-order valence-electron chi connectivity index (χ4n) is 2.77. The number of hydrogen-bond donors (Lipinski definition) is 1. The maximum absolute atomic E-state index is 12.5. The Morgan fingerprint density at radius 1 is 1.30 bits per heavy atom. The largest absolute Gasteiger partial charge is 0.340 e. The average Bonchev–Trinajstić information content (AvgIpc) is 2.44. The Bertz CT molecular complexity index is 499. The molecule has 0 aromatic heterocycles. The van der Waals surface area contributed by atoms with Gasteiger partial charge in [0.25, 0.3) is 0 Å². The van der Waals surface area contributed by atoms with Gasteiger partial charge < -0.3 is 10.6 Å². The van der Waals surface area contributed by atoms with E-state index < -0.39 is 5.54 Å². The first-order chi connectivity index (χ1) is 9.44. The Kier molecular flexibility index (Phi) is 4.95. The maximum Gasteiger partial charge on any atom is 0.242 e. The lowest BCUT2D eigenvalue weighted by Crippen LogP contribution is -2.55. The summed E-state index contributed by atoms with van der Waals surface area (Å²) in [5.41, 5.74) is 6.41. The molecule has 20 heavy (non-hydrogen) atoms. The van der Waals surface area contributed by atoms with Crippen molar-refractivity contribution in [3.63, 3.8) is 0 Å². The van der Waals surface area contributed by atoms with E-state index in [9.17, 15) is 4.79 Å². The van der Waals surface area contributed by atoms with Gasteiger partial charge in [-0.2, -0.15) is 0 Å². The van der Waals surface area contributed by atoms with Crippen molar-refractivity contribution in [3.8, 4) is 0 Å². The third-order valence-corrected chi connectivity index (χ3v) is 4.82. The lowest BCUT2D eigenvalue weighted by molar-refractivity contribution is -0.137. The molecule has 0 bridgehead atoms. The highest BCUT2D eigenvalue weighted by Crippen LogP contribution is 2.30. The minimum Gasteiger partial charge on any atom is -0.340 e. The Morgan fingerprint density at radius 3 is 2.60 bits per heavy atom. The molecule has 5 heteroatoms. The van der Waals surface area contributed by atoms with Crippen LogP contribution in [0.15, 0.2) is 18.2 Å². The van der Waals surface area contributed by atoms with Gasteiger partial charge in [-0.25, -0.2) is 0 Å². The summed E-state index contributed by atoms with van der Waals surface area (Å²) in [6, 6.07) is 5.45. The Hall–Kier alpha value is -0.770. The second-order valence-electron chi connectivity index (χ2n) is 5.59. The second-order valence-corrected chi connectivity index (χ2v) is 6.38. The summed E-state index contributed by atoms with van der Waals surface area (Å²) in [5.74, 6) is -0.00626. The van der Waals surface area contributed by atoms with Crippen LogP contribution in [0.4, 0.5) is 0 Å². The van der Waals surface area contributed by atoms with Crippen LogP contribution in [0.25, 0.3) is 0 Å². The van der Waals surface area contributed by atoms with E-state index >= 15 is 0 Å². The van der Waals surface area contributed by atoms with Gasteiger partial charge in [0, 0.05) is 13.6 Å². The molecule has 0 heterocycles. The van der Waals surface area contributed by atoms with Crippen LogP contribution in [0.5, 0.6) is 0 Å². The van der Waals surface area contributed by atoms with Crippen molar-refractivity contribution in [3.05, 3.63) is 33.8 Å². The number of halogens is 2. The van der Waals surface area contributed by atoms with Gasteiger partial charge in [0.15, 0.2) is 0 Å². The monoisotopic (exact) mass is 314 g/mol. The smallest absolute Gasteiger partial charge is 0.242 e. The molecule has 3 nitrogen and oxygen atoms in total. The van der Waals surface area contributed by atoms with Crippen LogP contribution in [-0.2, 0) is 11.3 Å². The van der Waals surface area contributed by atoms with E-state index in [1.807, 2.05) is 12.1 Å². The van der Waals surface area contributed by atoms with Crippen LogP contribution in [0, 0.1) is 0 Å². The number of rotatable bonds is 3. The third kappa shape index (κ3) is 3.27. The van der Waals surface area contributed by atoms with Crippen LogP contribution in [-0.4, -0.2) is 23.4 Å². The first-order valence-corrected chi connectivity index (χ1v) is 7.67. The van der Waals surface area contributed by atoms with Crippen LogP contribution in [0.3, 0.4) is 0 Å². The van der Waals surface area contributed by atoms with Gasteiger partial charge in [0.2, 0.25) is 5.91 Å². The molecule has 0 radical (unpaired) electrons. The standard InChI is InChI=1S/C15H20Cl2N2O/c1-19(10-11-6-5-7-12(16)13(11)17)14(20)15(18)8-3-2-4-9-15/h5-7H,2-4,8-10,18H2,1H3. The molecule has 1 fully saturated rings. The quantitative estimate of drug-likeness (QED) is 0.926. The zero-order chi connectivity index (χ0) is 14.8. The fourth-order valence-corrected chi connectivity index (χ4v) is 3.15. The fraction of sp³-hybridized carbons (Fsp3) is 0.533. The molecule has 1 amide bonds. The zero-order valence-corrected chi connectivity index (χ0v) is 13.2. The molecule has 1 aromatic carbocycles. The van der Waals surface area contributed by atoms with E-state index in [-0.39, 0.29) is 5.91 Å². The molecule has 2 rings (SSSR count). The molecule has 1 aliphatic rings. The third-order valence-electron chi connectivity index (χ3n) is 3.96. The van der Waals surface area contributed by atoms with E-state index in [0.717, 1.165) is 37.7 Å². The molecule has 0 saturated heterocycles. The molecule has 0 aliphatic heterocycles. The number of carbonyl (C=O) groups is 1. The van der Waals surface area contributed by atoms with Crippen molar-refractivity contribution in [1.29, 1.82) is 0 Å². The van der Waals surface area contributed by atoms with E-state index in [1.54, 1.807) is 18.0 Å². The van der Waals surface area contributed by atoms with Gasteiger partial charge in [-0.15, -0.1) is 0 Å². The molecule has 1 aromatic rings. The van der Waals surface area contributed by atoms with Gasteiger partial charge in [-0.3, -0.25) is 4.79 Å². The van der Waals surface area contributed by atoms with Gasteiger partial charge >= 0.3 is 0 Å². The maximum atomic E-state index is 12.5. The number of carbonyl (C=O) groups excluding carboxylic acids is 1. The van der Waals surface area contributed by atoms with Gasteiger partial charge in [0.1, 0.15) is 0 Å². The van der Waals surface area contributed by atoms with Crippen molar-refractivity contribution >= 4 is 29.1 Å². The number of likely N-dealkylation sites (N-methyl/N-ethyl adjacent to an activating group) is 1. The molecule has 1 saturated carbocycles. The van der Waals surface area contributed by atoms with Crippen molar-refractivity contribution in [2.45, 2.75) is 44.2 Å². The van der Waals surface area contributed by atoms with E-state index in [1.165, 1.54) is 0 Å². The van der Waals surface area contributed by atoms with E-state index in [0.29, 0.717) is 16.6 Å². The highest BCUT2D eigenvalue weighted by Gasteiger charge is 2.37. The number of benzene rings is 1. The van der Waals surface area contributed by atoms with E-state index in [4.69, 9.17) is 28.9 Å². The Balaban J connectivity index is 2.09. The van der Waals surface area contributed by atoms with Crippen LogP contribution in [0.2, 0.25) is 10.0 Å². The minimum atomic E-state index is -0.710. The van der Waals surface area contributed by atoms with Crippen molar-refractivity contribution in [1.82, 2.24) is 4.90 Å². The predicted molar refractivity (Wildman–Crippen MR) is 82.9 cm³/mol. The molecule has 1 aliphatic carbocycles. The number of amides is 1. The summed E-state index contributed by atoms with van der Waals surface area (Å²) in [4.78, 5) is 14.2. The molecule has 2 N–H and O–H groups in total. The van der Waals surface area contributed by atoms with Crippen LogP contribution in [0.1, 0.15) is 37.7 Å². The Labute approximate surface area is 130 Å². The van der Waals surface area contributed by atoms with Crippen LogP contribution >= 0.6 is 23.2 Å². The SMILES string of the molecule is CN(Cc1cccc(Cl)c1Cl)C(=O)C1(N)CCCCC1. The summed E-state index contributed by atoms with van der Waals surface area (Å²) in [7, 11) is 1.77. The Morgan fingerprint density at radius 2 is 1.95 bits per heavy atom. The molecule has 0 atom stereocenters. The summed E-state index contributed by atoms with van der Waals surface area (Å²) in [6.07, 6.45) is 4.73. The summed E-state index contributed by atoms with van der Waals surface area (Å²) in [6.45, 7) is 0.428. The second kappa shape index (κ2) is 6.33. The number of hydrogen-bond acceptors (Lipinski definition) is 2. The first-order valence-electron chi connectivity index (χ1n) is 6.91. The van der Waals surface area contributed by atoms with E-state index in [2.05, 4.69) is 0 Å². The normalized spacial score (nSPS) is 17.8. The molecule has 110 valence electrons. The van der Waals surface area contributed by atoms with Crippen molar-refractivity contribution < 1.29 is 4.79 Å². The topological polar surface area (TPSA) is 46.3 Å². The van der Waals surface area contributed by atoms with Crippen LogP contribution < -0.4 is 5.73 Å². The average molecular weight is 315 g/mol. The lowest BCUT2D eigenvalue weighted by Gasteiger charge is -2.35. The summed E-state index contributed by atoms with van der Waals surface area (Å²) < 4.78 is 0. The first kappa shape index (κ1) is 15.6. The summed E-state index contributed by atoms with van der Waals surface area (Å²) in [5, 5.41) is 1.01. The minimum absolute atomic E-state index is 0.00626. The lowest BCUT2D eigenvalue weighted by atomic mass is 9.81. The summed E-state index contributed by atoms with van der Waals surface area (Å²) >= 11 is 12.2. The highest BCUT2D eigenvalue weighted by molar-refractivity contribution is 6.42. The van der Waals surface area contributed by atoms with Crippen molar-refractivity contribution in [2.75, 3.05) is 7.05 Å². The van der Waals surface area contributed by atoms with Gasteiger partial charge in [-0.05, 0) is 24.5 Å². The zero-order valence-electron chi connectivity index (χ0n) is 11.7. The van der Waals surface area contributed by atoms with Gasteiger partial charge in [0.05, 0.1) is 15.6 Å². The highest BCUT2D eigenvalue weighted by atomic mass is 35.5. The molecule has 0 unspecified atom stereocenters. The number of nitrogens with two attached hydrogens (primary N) is 1.